The first kappa shape index (κ1) is 15.3. The summed E-state index contributed by atoms with van der Waals surface area (Å²) in [7, 11) is 2.85. The molecule has 0 saturated heterocycles. The smallest absolute Gasteiger partial charge is 0.309 e. The molecule has 0 radical (unpaired) electrons. The van der Waals surface area contributed by atoms with Crippen molar-refractivity contribution in [3.8, 4) is 0 Å². The third-order valence-corrected chi connectivity index (χ3v) is 5.15. The lowest BCUT2D eigenvalue weighted by atomic mass is 9.73. The Labute approximate surface area is 121 Å². The summed E-state index contributed by atoms with van der Waals surface area (Å²) < 4.78 is 10.0. The van der Waals surface area contributed by atoms with Crippen LogP contribution in [-0.2, 0) is 19.1 Å². The number of ether oxygens (including phenoxy) is 2. The summed E-state index contributed by atoms with van der Waals surface area (Å²) in [5.41, 5.74) is 0. The van der Waals surface area contributed by atoms with Crippen LogP contribution >= 0.6 is 0 Å². The van der Waals surface area contributed by atoms with Crippen molar-refractivity contribution in [2.75, 3.05) is 14.2 Å². The summed E-state index contributed by atoms with van der Waals surface area (Å²) in [5.74, 6) is -0.492. The van der Waals surface area contributed by atoms with Crippen LogP contribution in [0.2, 0.25) is 0 Å². The van der Waals surface area contributed by atoms with Crippen LogP contribution in [0.1, 0.15) is 51.4 Å². The van der Waals surface area contributed by atoms with Gasteiger partial charge in [-0.15, -0.1) is 0 Å². The first-order valence-corrected chi connectivity index (χ1v) is 7.84. The molecule has 0 amide bonds. The number of hydrogen-bond donors (Lipinski definition) is 0. The largest absolute Gasteiger partial charge is 0.469 e. The van der Waals surface area contributed by atoms with Gasteiger partial charge in [0.25, 0.3) is 0 Å². The lowest BCUT2D eigenvalue weighted by molar-refractivity contribution is -0.162. The van der Waals surface area contributed by atoms with E-state index in [-0.39, 0.29) is 35.6 Å². The minimum absolute atomic E-state index is 0.223. The average molecular weight is 282 g/mol. The Bertz CT molecular complexity index is 306. The summed E-state index contributed by atoms with van der Waals surface area (Å²) in [4.78, 5) is 24.6. The van der Waals surface area contributed by atoms with Crippen LogP contribution < -0.4 is 0 Å². The fraction of sp³-hybridized carbons (Fsp3) is 0.875. The Hall–Kier alpha value is -1.06. The lowest BCUT2D eigenvalue weighted by Crippen LogP contribution is -2.40. The zero-order valence-electron chi connectivity index (χ0n) is 12.6. The van der Waals surface area contributed by atoms with Crippen molar-refractivity contribution in [3.05, 3.63) is 0 Å². The molecule has 2 rings (SSSR count). The predicted molar refractivity (Wildman–Crippen MR) is 74.9 cm³/mol. The molecule has 2 fully saturated rings. The maximum absolute atomic E-state index is 12.3. The van der Waals surface area contributed by atoms with E-state index in [1.807, 2.05) is 0 Å². The monoisotopic (exact) mass is 282 g/mol. The number of carbonyl (C=O) groups is 2. The number of rotatable bonds is 5. The number of carbonyl (C=O) groups excluding carboxylic acids is 2. The Morgan fingerprint density at radius 3 is 1.30 bits per heavy atom. The molecule has 0 aromatic carbocycles. The highest BCUT2D eigenvalue weighted by Crippen LogP contribution is 2.43. The van der Waals surface area contributed by atoms with Gasteiger partial charge in [0.15, 0.2) is 0 Å². The average Bonchev–Trinajstić information content (AvgIpc) is 3.15. The lowest BCUT2D eigenvalue weighted by Gasteiger charge is -2.31. The standard InChI is InChI=1S/C16H26O4/c1-19-15(17)13(11-7-3-4-8-11)14(16(18)20-2)12-9-5-6-10-12/h11-14H,3-10H2,1-2H3. The Morgan fingerprint density at radius 2 is 1.05 bits per heavy atom. The van der Waals surface area contributed by atoms with Gasteiger partial charge in [0.1, 0.15) is 0 Å². The fourth-order valence-electron chi connectivity index (χ4n) is 4.17. The first-order valence-electron chi connectivity index (χ1n) is 7.84. The van der Waals surface area contributed by atoms with Crippen LogP contribution in [0.15, 0.2) is 0 Å². The highest BCUT2D eigenvalue weighted by molar-refractivity contribution is 5.82. The summed E-state index contributed by atoms with van der Waals surface area (Å²) in [6.07, 6.45) is 8.71. The van der Waals surface area contributed by atoms with Gasteiger partial charge in [0, 0.05) is 0 Å². The molecule has 4 heteroatoms. The maximum Gasteiger partial charge on any atom is 0.309 e. The molecule has 20 heavy (non-hydrogen) atoms. The molecular weight excluding hydrogens is 256 g/mol. The van der Waals surface area contributed by atoms with E-state index in [2.05, 4.69) is 0 Å². The molecule has 0 heterocycles. The van der Waals surface area contributed by atoms with Crippen molar-refractivity contribution in [2.45, 2.75) is 51.4 Å². The molecule has 2 aliphatic rings. The van der Waals surface area contributed by atoms with Gasteiger partial charge in [-0.25, -0.2) is 0 Å². The second-order valence-electron chi connectivity index (χ2n) is 6.19. The van der Waals surface area contributed by atoms with Gasteiger partial charge in [-0.05, 0) is 37.5 Å². The summed E-state index contributed by atoms with van der Waals surface area (Å²) in [6, 6.07) is 0. The molecule has 2 aliphatic carbocycles. The third kappa shape index (κ3) is 3.15. The zero-order valence-corrected chi connectivity index (χ0v) is 12.6. The molecule has 4 nitrogen and oxygen atoms in total. The second-order valence-corrected chi connectivity index (χ2v) is 6.19. The van der Waals surface area contributed by atoms with Crippen LogP contribution in [0, 0.1) is 23.7 Å². The predicted octanol–water partition coefficient (Wildman–Crippen LogP) is 2.95. The summed E-state index contributed by atoms with van der Waals surface area (Å²) >= 11 is 0. The molecule has 0 bridgehead atoms. The van der Waals surface area contributed by atoms with Crippen molar-refractivity contribution in [3.63, 3.8) is 0 Å². The van der Waals surface area contributed by atoms with E-state index >= 15 is 0 Å². The van der Waals surface area contributed by atoms with Crippen LogP contribution in [0.3, 0.4) is 0 Å². The first-order chi connectivity index (χ1) is 9.69. The Kier molecular flexibility index (Phi) is 5.44. The minimum Gasteiger partial charge on any atom is -0.469 e. The zero-order chi connectivity index (χ0) is 14.5. The van der Waals surface area contributed by atoms with E-state index in [1.165, 1.54) is 14.2 Å². The van der Waals surface area contributed by atoms with Crippen LogP contribution in [0.4, 0.5) is 0 Å². The molecule has 0 spiro atoms. The fourth-order valence-corrected chi connectivity index (χ4v) is 4.17. The van der Waals surface area contributed by atoms with E-state index in [1.54, 1.807) is 0 Å². The van der Waals surface area contributed by atoms with Crippen molar-refractivity contribution in [1.29, 1.82) is 0 Å². The number of methoxy groups -OCH3 is 2. The maximum atomic E-state index is 12.3. The van der Waals surface area contributed by atoms with Crippen molar-refractivity contribution < 1.29 is 19.1 Å². The van der Waals surface area contributed by atoms with Gasteiger partial charge in [-0.2, -0.15) is 0 Å². The van der Waals surface area contributed by atoms with Gasteiger partial charge >= 0.3 is 11.9 Å². The third-order valence-electron chi connectivity index (χ3n) is 5.15. The highest BCUT2D eigenvalue weighted by Gasteiger charge is 2.46. The highest BCUT2D eigenvalue weighted by atomic mass is 16.5. The molecular formula is C16H26O4. The Morgan fingerprint density at radius 1 is 0.750 bits per heavy atom. The van der Waals surface area contributed by atoms with E-state index in [9.17, 15) is 9.59 Å². The van der Waals surface area contributed by atoms with E-state index in [4.69, 9.17) is 9.47 Å². The molecule has 114 valence electrons. The molecule has 0 aliphatic heterocycles. The van der Waals surface area contributed by atoms with Crippen molar-refractivity contribution in [1.82, 2.24) is 0 Å². The van der Waals surface area contributed by atoms with Gasteiger partial charge in [0.05, 0.1) is 26.1 Å². The van der Waals surface area contributed by atoms with Gasteiger partial charge in [-0.3, -0.25) is 9.59 Å². The van der Waals surface area contributed by atoms with E-state index in [0.29, 0.717) is 0 Å². The number of hydrogen-bond acceptors (Lipinski definition) is 4. The van der Waals surface area contributed by atoms with Gasteiger partial charge in [0.2, 0.25) is 0 Å². The quantitative estimate of drug-likeness (QED) is 0.727. The minimum atomic E-state index is -0.307. The normalized spacial score (nSPS) is 23.5. The molecule has 2 unspecified atom stereocenters. The van der Waals surface area contributed by atoms with Crippen LogP contribution in [0.5, 0.6) is 0 Å². The van der Waals surface area contributed by atoms with E-state index < -0.39 is 0 Å². The van der Waals surface area contributed by atoms with E-state index in [0.717, 1.165) is 51.4 Å². The SMILES string of the molecule is COC(=O)C(C1CCCC1)C(C(=O)OC)C1CCCC1. The topological polar surface area (TPSA) is 52.6 Å². The van der Waals surface area contributed by atoms with Gasteiger partial charge in [-0.1, -0.05) is 25.7 Å². The second kappa shape index (κ2) is 7.09. The molecule has 2 saturated carbocycles. The summed E-state index contributed by atoms with van der Waals surface area (Å²) in [5, 5.41) is 0. The molecule has 0 N–H and O–H groups in total. The van der Waals surface area contributed by atoms with Crippen molar-refractivity contribution >= 4 is 11.9 Å². The molecule has 2 atom stereocenters. The molecule has 0 aromatic rings. The van der Waals surface area contributed by atoms with Crippen LogP contribution in [0.25, 0.3) is 0 Å². The summed E-state index contributed by atoms with van der Waals surface area (Å²) in [6.45, 7) is 0. The Balaban J connectivity index is 2.24. The number of esters is 2. The molecule has 0 aromatic heterocycles. The van der Waals surface area contributed by atoms with Crippen LogP contribution in [-0.4, -0.2) is 26.2 Å². The van der Waals surface area contributed by atoms with Gasteiger partial charge < -0.3 is 9.47 Å². The van der Waals surface area contributed by atoms with Crippen molar-refractivity contribution in [2.24, 2.45) is 23.7 Å².